The molecule has 0 heterocycles. The fraction of sp³-hybridized carbons (Fsp3) is 0.115. The van der Waals surface area contributed by atoms with Crippen LogP contribution in [-0.2, 0) is 10.1 Å². The summed E-state index contributed by atoms with van der Waals surface area (Å²) in [5, 5.41) is 25.5. The van der Waals surface area contributed by atoms with E-state index in [1.54, 1.807) is 49.4 Å². The largest absolute Gasteiger partial charge is 1.00 e. The number of amides is 1. The van der Waals surface area contributed by atoms with Gasteiger partial charge in [-0.05, 0) is 55.1 Å². The predicted octanol–water partition coefficient (Wildman–Crippen LogP) is 3.85. The van der Waals surface area contributed by atoms with Gasteiger partial charge in [0, 0.05) is 22.0 Å². The van der Waals surface area contributed by atoms with E-state index in [1.165, 1.54) is 25.1 Å². The van der Waals surface area contributed by atoms with E-state index in [1.807, 2.05) is 0 Å². The molecule has 13 heteroatoms. The van der Waals surface area contributed by atoms with E-state index < -0.39 is 26.7 Å². The SMILES string of the molecule is CCOc1cc(Cl)ccc1NC(=O)c1cc2ccccc2c(N=Nc2ccc(Cl)c(S(=O)(=O)O)c2C)c1[O-].[Na+]. The van der Waals surface area contributed by atoms with Crippen molar-refractivity contribution in [2.24, 2.45) is 10.2 Å². The Balaban J connectivity index is 0.00000420. The topological polar surface area (TPSA) is 140 Å². The molecule has 4 rings (SSSR count). The van der Waals surface area contributed by atoms with Crippen molar-refractivity contribution >= 4 is 67.1 Å². The first-order valence-corrected chi connectivity index (χ1v) is 13.4. The van der Waals surface area contributed by atoms with Crippen LogP contribution < -0.4 is 44.7 Å². The molecule has 0 radical (unpaired) electrons. The molecule has 0 bridgehead atoms. The molecule has 39 heavy (non-hydrogen) atoms. The van der Waals surface area contributed by atoms with Crippen molar-refractivity contribution in [1.29, 1.82) is 0 Å². The fourth-order valence-electron chi connectivity index (χ4n) is 3.82. The third-order valence-electron chi connectivity index (χ3n) is 5.56. The first kappa shape index (κ1) is 30.8. The van der Waals surface area contributed by atoms with Crippen LogP contribution in [0.3, 0.4) is 0 Å². The minimum absolute atomic E-state index is 0. The van der Waals surface area contributed by atoms with Gasteiger partial charge in [0.05, 0.1) is 28.7 Å². The Kier molecular flexibility index (Phi) is 10.0. The molecule has 2 N–H and O–H groups in total. The predicted molar refractivity (Wildman–Crippen MR) is 144 cm³/mol. The summed E-state index contributed by atoms with van der Waals surface area (Å²) >= 11 is 12.0. The Morgan fingerprint density at radius 3 is 2.49 bits per heavy atom. The number of carbonyl (C=O) groups is 1. The van der Waals surface area contributed by atoms with Crippen molar-refractivity contribution in [2.45, 2.75) is 18.7 Å². The van der Waals surface area contributed by atoms with Crippen LogP contribution in [0.2, 0.25) is 10.0 Å². The quantitative estimate of drug-likeness (QED) is 0.189. The number of ether oxygens (including phenoxy) is 1. The van der Waals surface area contributed by atoms with Crippen molar-refractivity contribution in [1.82, 2.24) is 0 Å². The number of carbonyl (C=O) groups excluding carboxylic acids is 1. The van der Waals surface area contributed by atoms with Crippen LogP contribution in [0, 0.1) is 6.92 Å². The number of azo groups is 1. The Morgan fingerprint density at radius 1 is 1.08 bits per heavy atom. The summed E-state index contributed by atoms with van der Waals surface area (Å²) in [7, 11) is -4.64. The van der Waals surface area contributed by atoms with Gasteiger partial charge in [0.15, 0.2) is 0 Å². The molecular formula is C26H20Cl2N3NaO6S. The second-order valence-electron chi connectivity index (χ2n) is 8.05. The number of fused-ring (bicyclic) bond motifs is 1. The molecule has 0 aliphatic heterocycles. The first-order valence-electron chi connectivity index (χ1n) is 11.2. The summed E-state index contributed by atoms with van der Waals surface area (Å²) in [6, 6.07) is 15.6. The van der Waals surface area contributed by atoms with E-state index in [2.05, 4.69) is 15.5 Å². The van der Waals surface area contributed by atoms with Gasteiger partial charge in [0.2, 0.25) is 0 Å². The zero-order valence-electron chi connectivity index (χ0n) is 21.0. The third kappa shape index (κ3) is 6.72. The minimum atomic E-state index is -4.64. The van der Waals surface area contributed by atoms with Gasteiger partial charge >= 0.3 is 29.6 Å². The van der Waals surface area contributed by atoms with Gasteiger partial charge in [-0.1, -0.05) is 53.2 Å². The van der Waals surface area contributed by atoms with E-state index in [0.717, 1.165) is 0 Å². The van der Waals surface area contributed by atoms with Crippen LogP contribution in [0.5, 0.6) is 11.5 Å². The maximum Gasteiger partial charge on any atom is 1.00 e. The molecule has 0 aromatic heterocycles. The van der Waals surface area contributed by atoms with Crippen molar-refractivity contribution in [3.05, 3.63) is 81.8 Å². The normalized spacial score (nSPS) is 11.4. The van der Waals surface area contributed by atoms with Crippen LogP contribution in [0.1, 0.15) is 22.8 Å². The second kappa shape index (κ2) is 12.6. The molecule has 0 atom stereocenters. The third-order valence-corrected chi connectivity index (χ3v) is 7.26. The Hall–Kier alpha value is -2.70. The van der Waals surface area contributed by atoms with Crippen molar-refractivity contribution in [2.75, 3.05) is 11.9 Å². The Labute approximate surface area is 256 Å². The van der Waals surface area contributed by atoms with Gasteiger partial charge in [-0.3, -0.25) is 9.35 Å². The molecule has 0 unspecified atom stereocenters. The second-order valence-corrected chi connectivity index (χ2v) is 10.2. The average molecular weight is 596 g/mol. The molecule has 9 nitrogen and oxygen atoms in total. The van der Waals surface area contributed by atoms with E-state index in [4.69, 9.17) is 27.9 Å². The molecule has 4 aromatic carbocycles. The van der Waals surface area contributed by atoms with Crippen LogP contribution in [0.4, 0.5) is 17.1 Å². The Morgan fingerprint density at radius 2 is 1.79 bits per heavy atom. The summed E-state index contributed by atoms with van der Waals surface area (Å²) in [5.41, 5.74) is 0.105. The number of nitrogens with one attached hydrogen (secondary N) is 1. The zero-order chi connectivity index (χ0) is 27.6. The summed E-state index contributed by atoms with van der Waals surface area (Å²) in [6.45, 7) is 3.51. The maximum absolute atomic E-state index is 13.4. The summed E-state index contributed by atoms with van der Waals surface area (Å²) in [6.07, 6.45) is 0. The first-order chi connectivity index (χ1) is 18.0. The minimum Gasteiger partial charge on any atom is -0.870 e. The monoisotopic (exact) mass is 595 g/mol. The number of hydrogen-bond acceptors (Lipinski definition) is 7. The van der Waals surface area contributed by atoms with Gasteiger partial charge in [-0.2, -0.15) is 18.6 Å². The molecule has 0 aliphatic rings. The molecule has 1 amide bonds. The summed E-state index contributed by atoms with van der Waals surface area (Å²) in [5.74, 6) is -1.05. The van der Waals surface area contributed by atoms with Crippen LogP contribution in [0.25, 0.3) is 10.8 Å². The number of nitrogens with zero attached hydrogens (tertiary/aromatic N) is 2. The molecule has 0 saturated heterocycles. The molecule has 196 valence electrons. The average Bonchev–Trinajstić information content (AvgIpc) is 2.85. The number of anilines is 1. The van der Waals surface area contributed by atoms with Crippen molar-refractivity contribution in [3.8, 4) is 11.5 Å². The number of hydrogen-bond donors (Lipinski definition) is 2. The van der Waals surface area contributed by atoms with Gasteiger partial charge in [0.25, 0.3) is 16.0 Å². The fourth-order valence-corrected chi connectivity index (χ4v) is 5.28. The molecule has 0 fully saturated rings. The van der Waals surface area contributed by atoms with Crippen molar-refractivity contribution < 1.29 is 57.2 Å². The van der Waals surface area contributed by atoms with E-state index in [0.29, 0.717) is 33.8 Å². The van der Waals surface area contributed by atoms with Crippen molar-refractivity contribution in [3.63, 3.8) is 0 Å². The molecule has 4 aromatic rings. The van der Waals surface area contributed by atoms with Gasteiger partial charge < -0.3 is 15.2 Å². The number of halogens is 2. The number of rotatable bonds is 7. The molecule has 0 spiro atoms. The van der Waals surface area contributed by atoms with Gasteiger partial charge in [-0.25, -0.2) is 0 Å². The van der Waals surface area contributed by atoms with E-state index in [9.17, 15) is 22.9 Å². The summed E-state index contributed by atoms with van der Waals surface area (Å²) < 4.78 is 38.6. The van der Waals surface area contributed by atoms with Gasteiger partial charge in [-0.15, -0.1) is 0 Å². The smallest absolute Gasteiger partial charge is 0.870 e. The van der Waals surface area contributed by atoms with E-state index in [-0.39, 0.29) is 57.1 Å². The van der Waals surface area contributed by atoms with Gasteiger partial charge in [0.1, 0.15) is 10.6 Å². The molecule has 0 aliphatic carbocycles. The molecule has 0 saturated carbocycles. The van der Waals surface area contributed by atoms with Crippen LogP contribution in [0.15, 0.2) is 75.8 Å². The standard InChI is InChI=1S/C26H21Cl2N3O6S.Na/c1-3-37-22-13-16(27)8-10-21(22)29-26(33)18-12-15-6-4-5-7-17(15)23(24(18)32)31-30-20-11-9-19(28)25(14(20)2)38(34,35)36;/h4-13,32H,3H2,1-2H3,(H,29,33)(H,34,35,36);/q;+1/p-1. The van der Waals surface area contributed by atoms with Crippen LogP contribution in [-0.4, -0.2) is 25.5 Å². The Bertz CT molecular complexity index is 1710. The zero-order valence-corrected chi connectivity index (χ0v) is 25.4. The summed E-state index contributed by atoms with van der Waals surface area (Å²) in [4.78, 5) is 12.7. The molecular weight excluding hydrogens is 576 g/mol. The van der Waals surface area contributed by atoms with E-state index >= 15 is 0 Å². The van der Waals surface area contributed by atoms with Crippen LogP contribution >= 0.6 is 23.2 Å². The maximum atomic E-state index is 13.4. The number of benzene rings is 4.